The summed E-state index contributed by atoms with van der Waals surface area (Å²) >= 11 is 0. The minimum Gasteiger partial charge on any atom is -0.467 e. The molecule has 1 aromatic carbocycles. The van der Waals surface area contributed by atoms with E-state index in [0.717, 1.165) is 43.8 Å². The molecule has 1 unspecified atom stereocenters. The van der Waals surface area contributed by atoms with Crippen LogP contribution in [-0.4, -0.2) is 29.2 Å². The highest BCUT2D eigenvalue weighted by Gasteiger charge is 2.30. The molecule has 1 saturated carbocycles. The molecule has 126 valence electrons. The fourth-order valence-electron chi connectivity index (χ4n) is 2.38. The number of benzene rings is 1. The molecule has 24 heavy (non-hydrogen) atoms. The third-order valence-electron chi connectivity index (χ3n) is 3.83. The molecule has 1 atom stereocenters. The van der Waals surface area contributed by atoms with Gasteiger partial charge in [0.05, 0.1) is 7.11 Å². The number of halogens is 2. The molecule has 1 fully saturated rings. The highest BCUT2D eigenvalue weighted by molar-refractivity contribution is 5.95. The number of nitrogens with one attached hydrogen (secondary N) is 2. The number of H-pyrrole nitrogens is 1. The molecule has 2 N–H and O–H groups in total. The summed E-state index contributed by atoms with van der Waals surface area (Å²) in [5.41, 5.74) is 0.600. The lowest BCUT2D eigenvalue weighted by Gasteiger charge is -2.17. The van der Waals surface area contributed by atoms with Gasteiger partial charge in [0.15, 0.2) is 6.04 Å². The van der Waals surface area contributed by atoms with Gasteiger partial charge in [0.2, 0.25) is 0 Å². The van der Waals surface area contributed by atoms with Crippen LogP contribution < -0.4 is 5.32 Å². The summed E-state index contributed by atoms with van der Waals surface area (Å²) in [4.78, 5) is 24.2. The topological polar surface area (TPSA) is 84.1 Å². The maximum absolute atomic E-state index is 13.9. The van der Waals surface area contributed by atoms with Crippen LogP contribution in [0.15, 0.2) is 24.3 Å². The Morgan fingerprint density at radius 2 is 2.08 bits per heavy atom. The molecule has 0 saturated heterocycles. The lowest BCUT2D eigenvalue weighted by Crippen LogP contribution is -2.35. The van der Waals surface area contributed by atoms with Crippen LogP contribution in [-0.2, 0) is 9.53 Å². The highest BCUT2D eigenvalue weighted by atomic mass is 19.1. The van der Waals surface area contributed by atoms with Crippen LogP contribution >= 0.6 is 0 Å². The van der Waals surface area contributed by atoms with E-state index in [9.17, 15) is 18.4 Å². The summed E-state index contributed by atoms with van der Waals surface area (Å²) in [7, 11) is 1.10. The first-order valence-corrected chi connectivity index (χ1v) is 7.38. The van der Waals surface area contributed by atoms with Gasteiger partial charge in [-0.25, -0.2) is 13.6 Å². The number of amides is 1. The minimum atomic E-state index is -1.47. The molecule has 8 heteroatoms. The SMILES string of the molecule is COC(=O)C(NC(=O)c1cc(C2CC2)[nH]n1)c1cc(F)ccc1F. The van der Waals surface area contributed by atoms with Crippen LogP contribution in [0.25, 0.3) is 0 Å². The van der Waals surface area contributed by atoms with E-state index in [-0.39, 0.29) is 11.3 Å². The van der Waals surface area contributed by atoms with Crippen LogP contribution in [0.3, 0.4) is 0 Å². The smallest absolute Gasteiger partial charge is 0.333 e. The number of hydrogen-bond acceptors (Lipinski definition) is 4. The van der Waals surface area contributed by atoms with E-state index < -0.39 is 29.6 Å². The van der Waals surface area contributed by atoms with Crippen LogP contribution in [0.5, 0.6) is 0 Å². The Morgan fingerprint density at radius 1 is 1.33 bits per heavy atom. The number of carbonyl (C=O) groups is 2. The molecule has 6 nitrogen and oxygen atoms in total. The molecule has 0 bridgehead atoms. The summed E-state index contributed by atoms with van der Waals surface area (Å²) in [5.74, 6) is -2.78. The first kappa shape index (κ1) is 16.1. The quantitative estimate of drug-likeness (QED) is 0.821. The monoisotopic (exact) mass is 335 g/mol. The maximum atomic E-state index is 13.9. The fourth-order valence-corrected chi connectivity index (χ4v) is 2.38. The molecule has 1 aliphatic rings. The molecular weight excluding hydrogens is 320 g/mol. The van der Waals surface area contributed by atoms with Crippen LogP contribution in [0, 0.1) is 11.6 Å². The second kappa shape index (κ2) is 6.38. The van der Waals surface area contributed by atoms with E-state index in [1.807, 2.05) is 0 Å². The van der Waals surface area contributed by atoms with Crippen molar-refractivity contribution in [1.29, 1.82) is 0 Å². The summed E-state index contributed by atoms with van der Waals surface area (Å²) in [6, 6.07) is 2.76. The molecular formula is C16H15F2N3O3. The predicted molar refractivity (Wildman–Crippen MR) is 79.1 cm³/mol. The van der Waals surface area contributed by atoms with Gasteiger partial charge in [-0.05, 0) is 37.1 Å². The second-order valence-electron chi connectivity index (χ2n) is 5.58. The van der Waals surface area contributed by atoms with Gasteiger partial charge in [-0.3, -0.25) is 9.89 Å². The van der Waals surface area contributed by atoms with Gasteiger partial charge in [-0.15, -0.1) is 0 Å². The largest absolute Gasteiger partial charge is 0.467 e. The Morgan fingerprint density at radius 3 is 2.75 bits per heavy atom. The molecule has 1 aliphatic carbocycles. The van der Waals surface area contributed by atoms with E-state index in [1.165, 1.54) is 0 Å². The van der Waals surface area contributed by atoms with E-state index in [4.69, 9.17) is 0 Å². The summed E-state index contributed by atoms with van der Waals surface area (Å²) < 4.78 is 31.9. The van der Waals surface area contributed by atoms with Gasteiger partial charge in [-0.1, -0.05) is 0 Å². The van der Waals surface area contributed by atoms with Gasteiger partial charge < -0.3 is 10.1 Å². The molecule has 1 aromatic heterocycles. The van der Waals surface area contributed by atoms with Crippen molar-refractivity contribution in [2.24, 2.45) is 0 Å². The van der Waals surface area contributed by atoms with Crippen LogP contribution in [0.4, 0.5) is 8.78 Å². The number of methoxy groups -OCH3 is 1. The molecule has 0 spiro atoms. The summed E-state index contributed by atoms with van der Waals surface area (Å²) in [5, 5.41) is 8.99. The van der Waals surface area contributed by atoms with Crippen molar-refractivity contribution in [3.8, 4) is 0 Å². The zero-order valence-electron chi connectivity index (χ0n) is 12.8. The van der Waals surface area contributed by atoms with Gasteiger partial charge in [0.25, 0.3) is 5.91 Å². The molecule has 1 heterocycles. The van der Waals surface area contributed by atoms with Crippen molar-refractivity contribution < 1.29 is 23.1 Å². The van der Waals surface area contributed by atoms with Gasteiger partial charge in [0, 0.05) is 17.2 Å². The number of nitrogens with zero attached hydrogens (tertiary/aromatic N) is 1. The van der Waals surface area contributed by atoms with Crippen LogP contribution in [0.2, 0.25) is 0 Å². The zero-order valence-corrected chi connectivity index (χ0v) is 12.8. The Hall–Kier alpha value is -2.77. The maximum Gasteiger partial charge on any atom is 0.333 e. The third-order valence-corrected chi connectivity index (χ3v) is 3.83. The summed E-state index contributed by atoms with van der Waals surface area (Å²) in [6.45, 7) is 0. The number of esters is 1. The van der Waals surface area contributed by atoms with Crippen molar-refractivity contribution in [2.45, 2.75) is 24.8 Å². The second-order valence-corrected chi connectivity index (χ2v) is 5.58. The van der Waals surface area contributed by atoms with Crippen molar-refractivity contribution in [3.63, 3.8) is 0 Å². The molecule has 1 amide bonds. The zero-order chi connectivity index (χ0) is 17.3. The number of rotatable bonds is 5. The fraction of sp³-hybridized carbons (Fsp3) is 0.312. The van der Waals surface area contributed by atoms with Gasteiger partial charge in [0.1, 0.15) is 17.3 Å². The van der Waals surface area contributed by atoms with Crippen molar-refractivity contribution >= 4 is 11.9 Å². The summed E-state index contributed by atoms with van der Waals surface area (Å²) in [6.07, 6.45) is 2.06. The lowest BCUT2D eigenvalue weighted by molar-refractivity contribution is -0.143. The standard InChI is InChI=1S/C16H15F2N3O3/c1-24-16(23)14(10-6-9(17)4-5-11(10)18)19-15(22)13-7-12(20-21-13)8-2-3-8/h4-8,14H,2-3H2,1H3,(H,19,22)(H,20,21). The van der Waals surface area contributed by atoms with Crippen molar-refractivity contribution in [3.05, 3.63) is 52.9 Å². The van der Waals surface area contributed by atoms with E-state index in [0.29, 0.717) is 5.92 Å². The van der Waals surface area contributed by atoms with Crippen molar-refractivity contribution in [1.82, 2.24) is 15.5 Å². The van der Waals surface area contributed by atoms with E-state index in [1.54, 1.807) is 6.07 Å². The minimum absolute atomic E-state index is 0.0719. The Labute approximate surface area is 136 Å². The molecule has 3 rings (SSSR count). The van der Waals surface area contributed by atoms with Gasteiger partial charge >= 0.3 is 5.97 Å². The highest BCUT2D eigenvalue weighted by Crippen LogP contribution is 2.39. The van der Waals surface area contributed by atoms with Crippen molar-refractivity contribution in [2.75, 3.05) is 7.11 Å². The Balaban J connectivity index is 1.84. The normalized spacial score (nSPS) is 15.0. The first-order chi connectivity index (χ1) is 11.5. The number of carbonyl (C=O) groups excluding carboxylic acids is 2. The Bertz CT molecular complexity index is 787. The van der Waals surface area contributed by atoms with E-state index >= 15 is 0 Å². The lowest BCUT2D eigenvalue weighted by atomic mass is 10.1. The first-order valence-electron chi connectivity index (χ1n) is 7.38. The average molecular weight is 335 g/mol. The predicted octanol–water partition coefficient (Wildman–Crippen LogP) is 2.21. The van der Waals surface area contributed by atoms with E-state index in [2.05, 4.69) is 20.3 Å². The number of hydrogen-bond donors (Lipinski definition) is 2. The third kappa shape index (κ3) is 3.27. The molecule has 2 aromatic rings. The van der Waals surface area contributed by atoms with Crippen LogP contribution in [0.1, 0.15) is 46.5 Å². The Kier molecular flexibility index (Phi) is 4.28. The molecule has 0 radical (unpaired) electrons. The van der Waals surface area contributed by atoms with Gasteiger partial charge in [-0.2, -0.15) is 5.10 Å². The molecule has 0 aliphatic heterocycles. The number of aromatic nitrogens is 2. The number of ether oxygens (including phenoxy) is 1. The average Bonchev–Trinajstić information content (AvgIpc) is 3.31. The number of aromatic amines is 1.